The predicted octanol–water partition coefficient (Wildman–Crippen LogP) is 3.72. The Morgan fingerprint density at radius 1 is 1.42 bits per heavy atom. The second kappa shape index (κ2) is 5.67. The Labute approximate surface area is 121 Å². The van der Waals surface area contributed by atoms with Gasteiger partial charge in [-0.25, -0.2) is 4.39 Å². The first kappa shape index (κ1) is 14.0. The summed E-state index contributed by atoms with van der Waals surface area (Å²) in [5.41, 5.74) is 7.09. The lowest BCUT2D eigenvalue weighted by Gasteiger charge is -2.28. The van der Waals surface area contributed by atoms with E-state index >= 15 is 0 Å². The van der Waals surface area contributed by atoms with Crippen molar-refractivity contribution < 1.29 is 4.39 Å². The topological polar surface area (TPSA) is 29.3 Å². The highest BCUT2D eigenvalue weighted by atomic mass is 32.1. The number of hydrogen-bond donors (Lipinski definition) is 1. The van der Waals surface area contributed by atoms with E-state index in [2.05, 4.69) is 17.9 Å². The third kappa shape index (κ3) is 2.93. The minimum Gasteiger partial charge on any atom is -0.389 e. The van der Waals surface area contributed by atoms with E-state index in [-0.39, 0.29) is 16.8 Å². The first-order valence-electron chi connectivity index (χ1n) is 5.86. The van der Waals surface area contributed by atoms with Gasteiger partial charge in [0.05, 0.1) is 6.04 Å². The molecule has 1 unspecified atom stereocenters. The number of thiophene rings is 1. The molecule has 0 radical (unpaired) electrons. The van der Waals surface area contributed by atoms with Gasteiger partial charge in [0.2, 0.25) is 0 Å². The number of benzene rings is 1. The van der Waals surface area contributed by atoms with Crippen LogP contribution in [0.2, 0.25) is 0 Å². The van der Waals surface area contributed by atoms with Crippen LogP contribution >= 0.6 is 23.6 Å². The van der Waals surface area contributed by atoms with Crippen LogP contribution in [0, 0.1) is 5.82 Å². The van der Waals surface area contributed by atoms with Crippen molar-refractivity contribution in [1.29, 1.82) is 0 Å². The number of anilines is 1. The fourth-order valence-corrected chi connectivity index (χ4v) is 2.93. The van der Waals surface area contributed by atoms with E-state index in [1.807, 2.05) is 18.5 Å². The summed E-state index contributed by atoms with van der Waals surface area (Å²) in [6.07, 6.45) is 0. The molecule has 0 bridgehead atoms. The van der Waals surface area contributed by atoms with Crippen molar-refractivity contribution in [2.24, 2.45) is 5.73 Å². The first-order valence-corrected chi connectivity index (χ1v) is 7.15. The maximum atomic E-state index is 13.3. The summed E-state index contributed by atoms with van der Waals surface area (Å²) in [6.45, 7) is 2.10. The van der Waals surface area contributed by atoms with Crippen LogP contribution in [-0.2, 0) is 0 Å². The summed E-state index contributed by atoms with van der Waals surface area (Å²) >= 11 is 6.69. The van der Waals surface area contributed by atoms with Gasteiger partial charge in [-0.15, -0.1) is 11.3 Å². The monoisotopic (exact) mass is 294 g/mol. The van der Waals surface area contributed by atoms with Crippen LogP contribution in [-0.4, -0.2) is 12.0 Å². The van der Waals surface area contributed by atoms with Crippen molar-refractivity contribution in [2.75, 3.05) is 11.9 Å². The molecule has 2 rings (SSSR count). The van der Waals surface area contributed by atoms with Gasteiger partial charge in [0.25, 0.3) is 0 Å². The Morgan fingerprint density at radius 2 is 2.16 bits per heavy atom. The van der Waals surface area contributed by atoms with Gasteiger partial charge < -0.3 is 10.6 Å². The zero-order valence-corrected chi connectivity index (χ0v) is 12.4. The van der Waals surface area contributed by atoms with E-state index < -0.39 is 0 Å². The Balaban J connectivity index is 2.38. The van der Waals surface area contributed by atoms with Crippen molar-refractivity contribution in [1.82, 2.24) is 0 Å². The summed E-state index contributed by atoms with van der Waals surface area (Å²) < 4.78 is 13.3. The lowest BCUT2D eigenvalue weighted by molar-refractivity contribution is 0.626. The minimum absolute atomic E-state index is 0.179. The molecule has 5 heteroatoms. The highest BCUT2D eigenvalue weighted by Gasteiger charge is 2.17. The Kier molecular flexibility index (Phi) is 4.17. The van der Waals surface area contributed by atoms with Gasteiger partial charge in [-0.3, -0.25) is 0 Å². The van der Waals surface area contributed by atoms with Gasteiger partial charge in [-0.05, 0) is 36.6 Å². The molecule has 0 saturated heterocycles. The first-order chi connectivity index (χ1) is 9.00. The Hall–Kier alpha value is -1.46. The van der Waals surface area contributed by atoms with Gasteiger partial charge in [-0.1, -0.05) is 18.3 Å². The largest absolute Gasteiger partial charge is 0.389 e. The van der Waals surface area contributed by atoms with Gasteiger partial charge in [0.15, 0.2) is 0 Å². The van der Waals surface area contributed by atoms with Crippen LogP contribution < -0.4 is 10.6 Å². The van der Waals surface area contributed by atoms with Crippen LogP contribution in [0.15, 0.2) is 35.7 Å². The maximum absolute atomic E-state index is 13.3. The van der Waals surface area contributed by atoms with Gasteiger partial charge in [0.1, 0.15) is 10.8 Å². The average molecular weight is 294 g/mol. The fourth-order valence-electron chi connectivity index (χ4n) is 1.94. The zero-order chi connectivity index (χ0) is 14.0. The van der Waals surface area contributed by atoms with E-state index in [1.165, 1.54) is 17.0 Å². The molecule has 1 heterocycles. The molecule has 1 aromatic heterocycles. The highest BCUT2D eigenvalue weighted by molar-refractivity contribution is 7.80. The van der Waals surface area contributed by atoms with Crippen molar-refractivity contribution in [3.8, 4) is 0 Å². The predicted molar refractivity (Wildman–Crippen MR) is 83.4 cm³/mol. The SMILES string of the molecule is CC(c1cccs1)N(C)c1ccc(F)cc1C(N)=S. The van der Waals surface area contributed by atoms with E-state index in [4.69, 9.17) is 18.0 Å². The molecule has 0 fully saturated rings. The van der Waals surface area contributed by atoms with Gasteiger partial charge >= 0.3 is 0 Å². The van der Waals surface area contributed by atoms with Crippen LogP contribution in [0.3, 0.4) is 0 Å². The molecular weight excluding hydrogens is 279 g/mol. The summed E-state index contributed by atoms with van der Waals surface area (Å²) in [4.78, 5) is 3.50. The molecule has 2 nitrogen and oxygen atoms in total. The number of thiocarbonyl (C=S) groups is 1. The summed E-state index contributed by atoms with van der Waals surface area (Å²) in [7, 11) is 1.96. The van der Waals surface area contributed by atoms with Crippen molar-refractivity contribution in [3.63, 3.8) is 0 Å². The van der Waals surface area contributed by atoms with E-state index in [0.717, 1.165) is 5.69 Å². The number of hydrogen-bond acceptors (Lipinski definition) is 3. The minimum atomic E-state index is -0.330. The third-order valence-electron chi connectivity index (χ3n) is 3.14. The van der Waals surface area contributed by atoms with Crippen LogP contribution in [0.5, 0.6) is 0 Å². The lowest BCUT2D eigenvalue weighted by Crippen LogP contribution is -2.24. The molecule has 0 saturated carbocycles. The number of nitrogens with zero attached hydrogens (tertiary/aromatic N) is 1. The second-order valence-corrected chi connectivity index (χ2v) is 5.75. The van der Waals surface area contributed by atoms with Crippen LogP contribution in [0.25, 0.3) is 0 Å². The average Bonchev–Trinajstić information content (AvgIpc) is 2.90. The summed E-state index contributed by atoms with van der Waals surface area (Å²) in [5, 5.41) is 2.04. The van der Waals surface area contributed by atoms with Crippen molar-refractivity contribution >= 4 is 34.2 Å². The summed E-state index contributed by atoms with van der Waals surface area (Å²) in [6, 6.07) is 8.80. The molecular formula is C14H15FN2S2. The normalized spacial score (nSPS) is 12.2. The standard InChI is InChI=1S/C14H15FN2S2/c1-9(13-4-3-7-19-13)17(2)12-6-5-10(15)8-11(12)14(16)18/h3-9H,1-2H3,(H2,16,18). The number of rotatable bonds is 4. The highest BCUT2D eigenvalue weighted by Crippen LogP contribution is 2.30. The van der Waals surface area contributed by atoms with E-state index in [0.29, 0.717) is 5.56 Å². The molecule has 2 aromatic rings. The molecule has 0 spiro atoms. The number of halogens is 1. The fraction of sp³-hybridized carbons (Fsp3) is 0.214. The zero-order valence-electron chi connectivity index (χ0n) is 10.8. The molecule has 0 aliphatic carbocycles. The summed E-state index contributed by atoms with van der Waals surface area (Å²) in [5.74, 6) is -0.330. The molecule has 19 heavy (non-hydrogen) atoms. The molecule has 1 aromatic carbocycles. The van der Waals surface area contributed by atoms with E-state index in [1.54, 1.807) is 17.4 Å². The van der Waals surface area contributed by atoms with Crippen LogP contribution in [0.1, 0.15) is 23.4 Å². The Bertz CT molecular complexity index is 581. The lowest BCUT2D eigenvalue weighted by atomic mass is 10.1. The maximum Gasteiger partial charge on any atom is 0.124 e. The molecule has 2 N–H and O–H groups in total. The smallest absolute Gasteiger partial charge is 0.124 e. The van der Waals surface area contributed by atoms with Crippen LogP contribution in [0.4, 0.5) is 10.1 Å². The quantitative estimate of drug-likeness (QED) is 0.871. The molecule has 100 valence electrons. The molecule has 0 amide bonds. The third-order valence-corrected chi connectivity index (χ3v) is 4.40. The van der Waals surface area contributed by atoms with Crippen molar-refractivity contribution in [2.45, 2.75) is 13.0 Å². The van der Waals surface area contributed by atoms with Gasteiger partial charge in [-0.2, -0.15) is 0 Å². The molecule has 1 atom stereocenters. The van der Waals surface area contributed by atoms with E-state index in [9.17, 15) is 4.39 Å². The van der Waals surface area contributed by atoms with Gasteiger partial charge in [0, 0.05) is 23.2 Å². The Morgan fingerprint density at radius 3 is 2.74 bits per heavy atom. The number of nitrogens with two attached hydrogens (primary N) is 1. The molecule has 0 aliphatic rings. The second-order valence-electron chi connectivity index (χ2n) is 4.33. The van der Waals surface area contributed by atoms with Crippen molar-refractivity contribution in [3.05, 3.63) is 52.0 Å². The molecule has 0 aliphatic heterocycles.